The van der Waals surface area contributed by atoms with Crippen molar-refractivity contribution in [3.8, 4) is 5.75 Å². The van der Waals surface area contributed by atoms with Crippen LogP contribution in [0.5, 0.6) is 5.75 Å². The van der Waals surface area contributed by atoms with E-state index in [-0.39, 0.29) is 12.5 Å². The molecule has 0 aromatic heterocycles. The maximum absolute atomic E-state index is 11.8. The molecule has 1 aliphatic carbocycles. The lowest BCUT2D eigenvalue weighted by Gasteiger charge is -2.06. The van der Waals surface area contributed by atoms with Gasteiger partial charge in [0.2, 0.25) is 0 Å². The number of aryl methyl sites for hydroxylation is 1. The molecular weight excluding hydrogens is 195 g/mol. The molecule has 1 aliphatic rings. The van der Waals surface area contributed by atoms with E-state index in [1.165, 1.54) is 0 Å². The second-order valence-electron chi connectivity index (χ2n) is 3.63. The molecule has 0 fully saturated rings. The van der Waals surface area contributed by atoms with Crippen LogP contribution in [-0.2, 0) is 6.42 Å². The molecule has 15 heavy (non-hydrogen) atoms. The third kappa shape index (κ3) is 2.17. The predicted molar refractivity (Wildman–Crippen MR) is 55.2 cm³/mol. The van der Waals surface area contributed by atoms with Crippen molar-refractivity contribution in [3.05, 3.63) is 29.3 Å². The molecule has 0 aliphatic heterocycles. The number of ether oxygens (including phenoxy) is 1. The van der Waals surface area contributed by atoms with E-state index in [4.69, 9.17) is 4.74 Å². The predicted octanol–water partition coefficient (Wildman–Crippen LogP) is 2.55. The Morgan fingerprint density at radius 1 is 1.33 bits per heavy atom. The molecule has 0 radical (unpaired) electrons. The number of benzene rings is 1. The Morgan fingerprint density at radius 3 is 3.00 bits per heavy atom. The first-order chi connectivity index (χ1) is 7.31. The van der Waals surface area contributed by atoms with Crippen molar-refractivity contribution in [3.63, 3.8) is 0 Å². The third-order valence-electron chi connectivity index (χ3n) is 2.55. The number of fused-ring (bicyclic) bond motifs is 1. The molecule has 0 atom stereocenters. The summed E-state index contributed by atoms with van der Waals surface area (Å²) in [6.45, 7) is 0.0344. The molecule has 80 valence electrons. The van der Waals surface area contributed by atoms with Gasteiger partial charge in [-0.15, -0.1) is 0 Å². The summed E-state index contributed by atoms with van der Waals surface area (Å²) in [5.41, 5.74) is 1.87. The molecule has 3 heteroatoms. The lowest BCUT2D eigenvalue weighted by atomic mass is 10.1. The molecule has 0 amide bonds. The number of Topliss-reactive ketones (excluding diaryl/α,β-unsaturated/α-hetero) is 1. The van der Waals surface area contributed by atoms with Crippen LogP contribution < -0.4 is 4.74 Å². The van der Waals surface area contributed by atoms with Crippen LogP contribution >= 0.6 is 0 Å². The topological polar surface area (TPSA) is 26.3 Å². The van der Waals surface area contributed by atoms with Crippen LogP contribution in [0.4, 0.5) is 4.39 Å². The highest BCUT2D eigenvalue weighted by molar-refractivity contribution is 6.00. The van der Waals surface area contributed by atoms with Crippen molar-refractivity contribution in [2.75, 3.05) is 13.3 Å². The molecule has 0 saturated heterocycles. The number of rotatable bonds is 4. The maximum atomic E-state index is 11.8. The summed E-state index contributed by atoms with van der Waals surface area (Å²) in [6.07, 6.45) is 1.81. The number of halogens is 1. The summed E-state index contributed by atoms with van der Waals surface area (Å²) < 4.78 is 17.2. The van der Waals surface area contributed by atoms with Crippen LogP contribution in [0.2, 0.25) is 0 Å². The van der Waals surface area contributed by atoms with Crippen molar-refractivity contribution in [2.45, 2.75) is 19.3 Å². The van der Waals surface area contributed by atoms with Gasteiger partial charge < -0.3 is 4.74 Å². The number of carbonyl (C=O) groups is 1. The first-order valence-electron chi connectivity index (χ1n) is 5.16. The molecule has 0 bridgehead atoms. The first-order valence-corrected chi connectivity index (χ1v) is 5.16. The Morgan fingerprint density at radius 2 is 2.20 bits per heavy atom. The van der Waals surface area contributed by atoms with E-state index < -0.39 is 0 Å². The van der Waals surface area contributed by atoms with Crippen molar-refractivity contribution < 1.29 is 13.9 Å². The number of alkyl halides is 1. The summed E-state index contributed by atoms with van der Waals surface area (Å²) in [6, 6.07) is 5.47. The summed E-state index contributed by atoms with van der Waals surface area (Å²) in [4.78, 5) is 11.3. The summed E-state index contributed by atoms with van der Waals surface area (Å²) in [7, 11) is 0. The van der Waals surface area contributed by atoms with Crippen LogP contribution in [0.3, 0.4) is 0 Å². The van der Waals surface area contributed by atoms with E-state index in [0.717, 1.165) is 23.3 Å². The monoisotopic (exact) mass is 208 g/mol. The lowest BCUT2D eigenvalue weighted by Crippen LogP contribution is -1.99. The Kier molecular flexibility index (Phi) is 2.99. The molecule has 2 nitrogen and oxygen atoms in total. The Labute approximate surface area is 88.1 Å². The summed E-state index contributed by atoms with van der Waals surface area (Å²) >= 11 is 0. The van der Waals surface area contributed by atoms with E-state index in [1.807, 2.05) is 6.07 Å². The number of ketones is 1. The fourth-order valence-corrected chi connectivity index (χ4v) is 1.77. The van der Waals surface area contributed by atoms with Gasteiger partial charge in [-0.05, 0) is 30.2 Å². The quantitative estimate of drug-likeness (QED) is 0.711. The number of hydrogen-bond donors (Lipinski definition) is 0. The highest BCUT2D eigenvalue weighted by Crippen LogP contribution is 2.26. The van der Waals surface area contributed by atoms with Crippen LogP contribution in [0.25, 0.3) is 0 Å². The minimum atomic E-state index is -0.358. The van der Waals surface area contributed by atoms with Crippen molar-refractivity contribution in [1.82, 2.24) is 0 Å². The van der Waals surface area contributed by atoms with Gasteiger partial charge >= 0.3 is 0 Å². The molecule has 0 N–H and O–H groups in total. The van der Waals surface area contributed by atoms with Gasteiger partial charge in [0, 0.05) is 18.4 Å². The van der Waals surface area contributed by atoms with Gasteiger partial charge in [0.05, 0.1) is 13.3 Å². The van der Waals surface area contributed by atoms with Crippen molar-refractivity contribution in [1.29, 1.82) is 0 Å². The van der Waals surface area contributed by atoms with Gasteiger partial charge in [-0.2, -0.15) is 0 Å². The maximum Gasteiger partial charge on any atom is 0.163 e. The van der Waals surface area contributed by atoms with E-state index in [1.54, 1.807) is 12.1 Å². The molecule has 2 rings (SSSR count). The Balaban J connectivity index is 2.06. The first kappa shape index (κ1) is 10.1. The highest BCUT2D eigenvalue weighted by atomic mass is 19.1. The average molecular weight is 208 g/mol. The van der Waals surface area contributed by atoms with Crippen molar-refractivity contribution >= 4 is 5.78 Å². The van der Waals surface area contributed by atoms with Gasteiger partial charge in [-0.3, -0.25) is 9.18 Å². The van der Waals surface area contributed by atoms with Crippen LogP contribution in [0.15, 0.2) is 18.2 Å². The fourth-order valence-electron chi connectivity index (χ4n) is 1.77. The zero-order chi connectivity index (χ0) is 10.7. The lowest BCUT2D eigenvalue weighted by molar-refractivity contribution is 0.0994. The van der Waals surface area contributed by atoms with Gasteiger partial charge in [-0.1, -0.05) is 0 Å². The molecule has 0 heterocycles. The zero-order valence-electron chi connectivity index (χ0n) is 8.46. The smallest absolute Gasteiger partial charge is 0.163 e. The van der Waals surface area contributed by atoms with Crippen LogP contribution in [0, 0.1) is 0 Å². The van der Waals surface area contributed by atoms with E-state index in [0.29, 0.717) is 19.4 Å². The molecular formula is C12H13FO2. The summed E-state index contributed by atoms with van der Waals surface area (Å²) in [5, 5.41) is 0. The standard InChI is InChI=1S/C12H13FO2/c13-6-1-7-15-10-3-4-11-9(8-10)2-5-12(11)14/h3-4,8H,1-2,5-7H2. The largest absolute Gasteiger partial charge is 0.493 e. The minimum Gasteiger partial charge on any atom is -0.493 e. The van der Waals surface area contributed by atoms with Crippen LogP contribution in [-0.4, -0.2) is 19.1 Å². The highest BCUT2D eigenvalue weighted by Gasteiger charge is 2.19. The Bertz CT molecular complexity index is 374. The zero-order valence-corrected chi connectivity index (χ0v) is 8.46. The van der Waals surface area contributed by atoms with E-state index in [9.17, 15) is 9.18 Å². The van der Waals surface area contributed by atoms with Gasteiger partial charge in [0.1, 0.15) is 5.75 Å². The van der Waals surface area contributed by atoms with Gasteiger partial charge in [-0.25, -0.2) is 0 Å². The molecule has 0 saturated carbocycles. The normalized spacial score (nSPS) is 14.1. The average Bonchev–Trinajstić information content (AvgIpc) is 2.61. The SMILES string of the molecule is O=C1CCc2cc(OCCCF)ccc21. The van der Waals surface area contributed by atoms with Gasteiger partial charge in [0.25, 0.3) is 0 Å². The molecule has 1 aromatic rings. The Hall–Kier alpha value is -1.38. The van der Waals surface area contributed by atoms with Crippen molar-refractivity contribution in [2.24, 2.45) is 0 Å². The molecule has 1 aromatic carbocycles. The molecule has 0 unspecified atom stereocenters. The second kappa shape index (κ2) is 4.43. The third-order valence-corrected chi connectivity index (χ3v) is 2.55. The second-order valence-corrected chi connectivity index (χ2v) is 3.63. The summed E-state index contributed by atoms with van der Waals surface area (Å²) in [5.74, 6) is 0.942. The van der Waals surface area contributed by atoms with Gasteiger partial charge in [0.15, 0.2) is 5.78 Å². The van der Waals surface area contributed by atoms with E-state index in [2.05, 4.69) is 0 Å². The number of hydrogen-bond acceptors (Lipinski definition) is 2. The minimum absolute atomic E-state index is 0.209. The van der Waals surface area contributed by atoms with Crippen LogP contribution in [0.1, 0.15) is 28.8 Å². The van der Waals surface area contributed by atoms with E-state index >= 15 is 0 Å². The molecule has 0 spiro atoms. The fraction of sp³-hybridized carbons (Fsp3) is 0.417. The number of carbonyl (C=O) groups excluding carboxylic acids is 1.